The van der Waals surface area contributed by atoms with Gasteiger partial charge in [-0.25, -0.2) is 0 Å². The number of anilines is 1. The van der Waals surface area contributed by atoms with Crippen LogP contribution in [-0.4, -0.2) is 33.8 Å². The van der Waals surface area contributed by atoms with Gasteiger partial charge >= 0.3 is 0 Å². The van der Waals surface area contributed by atoms with Crippen molar-refractivity contribution in [2.75, 3.05) is 18.5 Å². The number of ether oxygens (including phenoxy) is 2. The first-order chi connectivity index (χ1) is 15.2. The smallest absolute Gasteiger partial charge is 0.240 e. The van der Waals surface area contributed by atoms with E-state index in [0.717, 1.165) is 45.0 Å². The molecule has 156 valence electrons. The third kappa shape index (κ3) is 3.82. The highest BCUT2D eigenvalue weighted by atomic mass is 16.5. The van der Waals surface area contributed by atoms with Gasteiger partial charge < -0.3 is 14.8 Å². The van der Waals surface area contributed by atoms with E-state index in [1.807, 2.05) is 67.2 Å². The fourth-order valence-electron chi connectivity index (χ4n) is 3.67. The van der Waals surface area contributed by atoms with Crippen molar-refractivity contribution in [2.24, 2.45) is 12.0 Å². The Morgan fingerprint density at radius 2 is 1.90 bits per heavy atom. The molecule has 4 aromatic rings. The second kappa shape index (κ2) is 8.10. The fourth-order valence-corrected chi connectivity index (χ4v) is 3.67. The number of amidine groups is 1. The molecule has 7 nitrogen and oxygen atoms in total. The van der Waals surface area contributed by atoms with Crippen LogP contribution in [-0.2, 0) is 13.6 Å². The van der Waals surface area contributed by atoms with Crippen molar-refractivity contribution in [3.8, 4) is 11.6 Å². The second-order valence-corrected chi connectivity index (χ2v) is 7.42. The first-order valence-electron chi connectivity index (χ1n) is 10.2. The normalized spacial score (nSPS) is 12.5. The minimum absolute atomic E-state index is 0.416. The van der Waals surface area contributed by atoms with Crippen LogP contribution in [0.15, 0.2) is 65.8 Å². The predicted octanol–water partition coefficient (Wildman–Crippen LogP) is 4.11. The predicted molar refractivity (Wildman–Crippen MR) is 121 cm³/mol. The molecule has 1 aliphatic heterocycles. The third-order valence-corrected chi connectivity index (χ3v) is 5.28. The lowest BCUT2D eigenvalue weighted by Crippen LogP contribution is -2.13. The maximum absolute atomic E-state index is 5.91. The molecular weight excluding hydrogens is 390 g/mol. The maximum atomic E-state index is 5.91. The summed E-state index contributed by atoms with van der Waals surface area (Å²) in [5.74, 6) is 2.27. The largest absolute Gasteiger partial charge is 0.490 e. The molecule has 0 spiro atoms. The monoisotopic (exact) mass is 413 g/mol. The summed E-state index contributed by atoms with van der Waals surface area (Å²) >= 11 is 0. The number of pyridine rings is 1. The van der Waals surface area contributed by atoms with Crippen LogP contribution >= 0.6 is 0 Å². The molecule has 0 saturated heterocycles. The van der Waals surface area contributed by atoms with E-state index in [0.29, 0.717) is 25.6 Å². The van der Waals surface area contributed by atoms with Crippen molar-refractivity contribution in [3.05, 3.63) is 77.6 Å². The molecule has 5 rings (SSSR count). The lowest BCUT2D eigenvalue weighted by atomic mass is 10.2. The molecule has 0 atom stereocenters. The van der Waals surface area contributed by atoms with Crippen LogP contribution in [0.2, 0.25) is 0 Å². The zero-order valence-electron chi connectivity index (χ0n) is 17.5. The highest BCUT2D eigenvalue weighted by molar-refractivity contribution is 6.09. The highest BCUT2D eigenvalue weighted by Crippen LogP contribution is 2.28. The van der Waals surface area contributed by atoms with E-state index in [9.17, 15) is 0 Å². The van der Waals surface area contributed by atoms with Crippen LogP contribution in [0.3, 0.4) is 0 Å². The van der Waals surface area contributed by atoms with Crippen molar-refractivity contribution in [2.45, 2.75) is 13.5 Å². The van der Waals surface area contributed by atoms with Gasteiger partial charge in [-0.3, -0.25) is 14.7 Å². The van der Waals surface area contributed by atoms with Crippen LogP contribution in [0.5, 0.6) is 11.6 Å². The molecular formula is C24H23N5O2. The van der Waals surface area contributed by atoms with Gasteiger partial charge in [0.2, 0.25) is 5.88 Å². The van der Waals surface area contributed by atoms with Crippen LogP contribution in [0, 0.1) is 6.92 Å². The zero-order chi connectivity index (χ0) is 21.2. The van der Waals surface area contributed by atoms with E-state index in [-0.39, 0.29) is 0 Å². The Kier molecular flexibility index (Phi) is 5.00. The van der Waals surface area contributed by atoms with Gasteiger partial charge in [0, 0.05) is 24.5 Å². The highest BCUT2D eigenvalue weighted by Gasteiger charge is 2.17. The van der Waals surface area contributed by atoms with E-state index in [1.165, 1.54) is 0 Å². The molecule has 0 unspecified atom stereocenters. The molecule has 0 aliphatic carbocycles. The number of fused-ring (bicyclic) bond motifs is 2. The number of aromatic nitrogens is 3. The van der Waals surface area contributed by atoms with Crippen LogP contribution in [0.1, 0.15) is 16.8 Å². The van der Waals surface area contributed by atoms with Gasteiger partial charge in [0.15, 0.2) is 5.84 Å². The first-order valence-corrected chi connectivity index (χ1v) is 10.2. The average Bonchev–Trinajstić information content (AvgIpc) is 3.33. The summed E-state index contributed by atoms with van der Waals surface area (Å²) in [5.41, 5.74) is 5.05. The molecule has 2 aromatic heterocycles. The number of benzene rings is 2. The Morgan fingerprint density at radius 3 is 2.81 bits per heavy atom. The fraction of sp³-hybridized carbons (Fsp3) is 0.208. The van der Waals surface area contributed by atoms with Crippen molar-refractivity contribution in [1.29, 1.82) is 0 Å². The molecule has 0 saturated carbocycles. The zero-order valence-corrected chi connectivity index (χ0v) is 17.5. The van der Waals surface area contributed by atoms with Crippen molar-refractivity contribution >= 4 is 22.4 Å². The van der Waals surface area contributed by atoms with E-state index in [2.05, 4.69) is 26.5 Å². The number of aliphatic imine (C=N–C) groups is 1. The average molecular weight is 413 g/mol. The minimum atomic E-state index is 0.416. The molecule has 1 aliphatic rings. The van der Waals surface area contributed by atoms with Gasteiger partial charge in [-0.2, -0.15) is 0 Å². The number of para-hydroxylation sites is 1. The van der Waals surface area contributed by atoms with E-state index in [4.69, 9.17) is 9.47 Å². The molecule has 0 amide bonds. The van der Waals surface area contributed by atoms with Gasteiger partial charge in [-0.15, -0.1) is 5.10 Å². The van der Waals surface area contributed by atoms with E-state index >= 15 is 0 Å². The summed E-state index contributed by atoms with van der Waals surface area (Å²) in [4.78, 5) is 9.02. The van der Waals surface area contributed by atoms with Crippen LogP contribution in [0.4, 0.5) is 5.69 Å². The summed E-state index contributed by atoms with van der Waals surface area (Å²) in [6.07, 6.45) is 1.79. The molecule has 31 heavy (non-hydrogen) atoms. The molecule has 0 radical (unpaired) electrons. The van der Waals surface area contributed by atoms with E-state index in [1.54, 1.807) is 6.20 Å². The molecule has 2 aromatic carbocycles. The van der Waals surface area contributed by atoms with Crippen LogP contribution < -0.4 is 14.8 Å². The number of rotatable bonds is 6. The van der Waals surface area contributed by atoms with Crippen molar-refractivity contribution in [1.82, 2.24) is 14.8 Å². The first kappa shape index (κ1) is 19.1. The maximum Gasteiger partial charge on any atom is 0.240 e. The number of nitrogens with zero attached hydrogens (tertiary/aromatic N) is 4. The standard InChI is InChI=1S/C24H23N5O2/c1-16-6-3-4-8-21(16)30-12-13-31-24-19-10-9-18(14-20(19)29(2)28-24)27-23-22-17(15-26-23)7-5-11-25-22/h3-11,14H,12-13,15H2,1-2H3,(H,26,27). The Labute approximate surface area is 180 Å². The summed E-state index contributed by atoms with van der Waals surface area (Å²) < 4.78 is 13.5. The van der Waals surface area contributed by atoms with Gasteiger partial charge in [0.25, 0.3) is 0 Å². The number of aryl methyl sites for hydroxylation is 2. The van der Waals surface area contributed by atoms with Gasteiger partial charge in [-0.05, 0) is 42.8 Å². The molecule has 3 heterocycles. The topological polar surface area (TPSA) is 73.6 Å². The molecule has 0 fully saturated rings. The van der Waals surface area contributed by atoms with Crippen LogP contribution in [0.25, 0.3) is 10.9 Å². The number of hydrogen-bond donors (Lipinski definition) is 1. The van der Waals surface area contributed by atoms with Crippen molar-refractivity contribution in [3.63, 3.8) is 0 Å². The Hall–Kier alpha value is -3.87. The molecule has 1 N–H and O–H groups in total. The summed E-state index contributed by atoms with van der Waals surface area (Å²) in [5, 5.41) is 8.87. The summed E-state index contributed by atoms with van der Waals surface area (Å²) in [7, 11) is 1.91. The molecule has 7 heteroatoms. The Bertz CT molecular complexity index is 1280. The summed E-state index contributed by atoms with van der Waals surface area (Å²) in [6.45, 7) is 3.55. The molecule has 0 bridgehead atoms. The Balaban J connectivity index is 1.27. The van der Waals surface area contributed by atoms with Gasteiger partial charge in [0.1, 0.15) is 24.7 Å². The lowest BCUT2D eigenvalue weighted by Gasteiger charge is -2.09. The van der Waals surface area contributed by atoms with Crippen molar-refractivity contribution < 1.29 is 9.47 Å². The summed E-state index contributed by atoms with van der Waals surface area (Å²) in [6, 6.07) is 18.0. The second-order valence-electron chi connectivity index (χ2n) is 7.42. The third-order valence-electron chi connectivity index (χ3n) is 5.28. The lowest BCUT2D eigenvalue weighted by molar-refractivity contribution is 0.211. The van der Waals surface area contributed by atoms with E-state index < -0.39 is 0 Å². The Morgan fingerprint density at radius 1 is 1.03 bits per heavy atom. The SMILES string of the molecule is Cc1ccccc1OCCOc1nn(C)c2cc(NC3=NCc4cccnc43)ccc12. The van der Waals surface area contributed by atoms with Gasteiger partial charge in [0.05, 0.1) is 17.4 Å². The van der Waals surface area contributed by atoms with Gasteiger partial charge in [-0.1, -0.05) is 24.3 Å². The minimum Gasteiger partial charge on any atom is -0.490 e. The quantitative estimate of drug-likeness (QED) is 0.482. The number of hydrogen-bond acceptors (Lipinski definition) is 6. The number of nitrogens with one attached hydrogen (secondary N) is 1.